The number of nitrogens with one attached hydrogen (secondary N) is 1. The van der Waals surface area contributed by atoms with Gasteiger partial charge in [-0.15, -0.1) is 13.2 Å². The summed E-state index contributed by atoms with van der Waals surface area (Å²) in [6.45, 7) is 17.2. The van der Waals surface area contributed by atoms with E-state index in [1.807, 2.05) is 13.8 Å². The zero-order valence-corrected chi connectivity index (χ0v) is 27.2. The number of morpholine rings is 1. The lowest BCUT2D eigenvalue weighted by molar-refractivity contribution is -0.160. The Balaban J connectivity index is 1.59. The number of likely N-dealkylation sites (tertiary alicyclic amines) is 1. The summed E-state index contributed by atoms with van der Waals surface area (Å²) in [5, 5.41) is 13.3. The standard InChI is InChI=1S/C33H52N4O8/c1-6-9-10-26(39)34-20-23(5)44-32(42)27-25-11-12-33(45-25)28(27)30(40)37(24(21-38)22(4)8-3)29(33)31(41)36(13-7-2)15-14-35-16-18-43-19-17-35/h6-7,22-25,27-29,38H,1-2,8-21H2,3-5H3,(H,34,39)/t22-,23+,24-,25+,27-,28-,29+,33-/m0/s1. The third-order valence-corrected chi connectivity index (χ3v) is 10.0. The van der Waals surface area contributed by atoms with Crippen LogP contribution in [0.25, 0.3) is 0 Å². The SMILES string of the molecule is C=CCCC(=O)NC[C@@H](C)OC(=O)[C@@H]1[C@H]2C(=O)N([C@@H](CO)[C@@H](C)CC)[C@H](C(=O)N(CC=C)CCN3CCOCC3)[C@]23CC[C@H]1O3. The van der Waals surface area contributed by atoms with E-state index in [1.54, 1.807) is 24.0 Å². The Labute approximate surface area is 267 Å². The molecule has 2 N–H and O–H groups in total. The highest BCUT2D eigenvalue weighted by Gasteiger charge is 2.75. The normalized spacial score (nSPS) is 29.5. The van der Waals surface area contributed by atoms with Crippen molar-refractivity contribution >= 4 is 23.7 Å². The maximum atomic E-state index is 14.6. The second-order valence-corrected chi connectivity index (χ2v) is 12.8. The predicted octanol–water partition coefficient (Wildman–Crippen LogP) is 1.13. The van der Waals surface area contributed by atoms with Gasteiger partial charge in [0.2, 0.25) is 17.7 Å². The van der Waals surface area contributed by atoms with Gasteiger partial charge in [-0.3, -0.25) is 24.1 Å². The van der Waals surface area contributed by atoms with Crippen LogP contribution in [0, 0.1) is 17.8 Å². The summed E-state index contributed by atoms with van der Waals surface area (Å²) in [5.41, 5.74) is -1.20. The number of rotatable bonds is 17. The smallest absolute Gasteiger partial charge is 0.312 e. The number of hydrogen-bond donors (Lipinski definition) is 2. The van der Waals surface area contributed by atoms with Gasteiger partial charge in [0.1, 0.15) is 17.7 Å². The number of nitrogens with zero attached hydrogens (tertiary/aromatic N) is 3. The van der Waals surface area contributed by atoms with Crippen LogP contribution in [0.3, 0.4) is 0 Å². The molecule has 0 radical (unpaired) electrons. The van der Waals surface area contributed by atoms with Gasteiger partial charge < -0.3 is 34.4 Å². The van der Waals surface area contributed by atoms with E-state index in [0.29, 0.717) is 65.0 Å². The molecule has 45 heavy (non-hydrogen) atoms. The fourth-order valence-electron chi connectivity index (χ4n) is 7.41. The van der Waals surface area contributed by atoms with Gasteiger partial charge in [-0.2, -0.15) is 0 Å². The first-order chi connectivity index (χ1) is 21.6. The molecule has 3 amide bonds. The van der Waals surface area contributed by atoms with Gasteiger partial charge in [0.15, 0.2) is 0 Å². The summed E-state index contributed by atoms with van der Waals surface area (Å²) in [6, 6.07) is -1.61. The zero-order chi connectivity index (χ0) is 32.7. The van der Waals surface area contributed by atoms with Gasteiger partial charge in [-0.25, -0.2) is 0 Å². The molecule has 12 nitrogen and oxygen atoms in total. The summed E-state index contributed by atoms with van der Waals surface area (Å²) in [6.07, 6.45) is 4.64. The number of ether oxygens (including phenoxy) is 3. The van der Waals surface area contributed by atoms with Crippen LogP contribution in [0.2, 0.25) is 0 Å². The summed E-state index contributed by atoms with van der Waals surface area (Å²) in [7, 11) is 0. The third kappa shape index (κ3) is 7.29. The van der Waals surface area contributed by atoms with Crippen molar-refractivity contribution < 1.29 is 38.5 Å². The Hall–Kier alpha value is -2.80. The minimum atomic E-state index is -1.20. The van der Waals surface area contributed by atoms with Crippen LogP contribution >= 0.6 is 0 Å². The highest BCUT2D eigenvalue weighted by atomic mass is 16.6. The molecule has 0 aromatic carbocycles. The number of esters is 1. The topological polar surface area (TPSA) is 138 Å². The molecule has 4 saturated heterocycles. The van der Waals surface area contributed by atoms with Crippen LogP contribution < -0.4 is 5.32 Å². The Bertz CT molecular complexity index is 1100. The van der Waals surface area contributed by atoms with E-state index in [-0.39, 0.29) is 36.8 Å². The van der Waals surface area contributed by atoms with Gasteiger partial charge >= 0.3 is 5.97 Å². The Kier molecular flexibility index (Phi) is 12.2. The number of aliphatic hydroxyl groups is 1. The highest BCUT2D eigenvalue weighted by Crippen LogP contribution is 2.59. The average Bonchev–Trinajstić information content (AvgIpc) is 3.69. The first-order valence-electron chi connectivity index (χ1n) is 16.5. The van der Waals surface area contributed by atoms with Gasteiger partial charge in [0.25, 0.3) is 0 Å². The largest absolute Gasteiger partial charge is 0.460 e. The molecule has 8 atom stereocenters. The number of allylic oxidation sites excluding steroid dienone is 1. The molecule has 2 bridgehead atoms. The van der Waals surface area contributed by atoms with Crippen LogP contribution in [-0.2, 0) is 33.4 Å². The second kappa shape index (κ2) is 15.7. The molecular weight excluding hydrogens is 580 g/mol. The molecule has 4 fully saturated rings. The maximum absolute atomic E-state index is 14.6. The lowest BCUT2D eigenvalue weighted by Gasteiger charge is -2.41. The molecule has 4 rings (SSSR count). The van der Waals surface area contributed by atoms with Crippen LogP contribution in [-0.4, -0.2) is 132 Å². The van der Waals surface area contributed by atoms with Crippen LogP contribution in [0.1, 0.15) is 52.9 Å². The molecule has 1 spiro atoms. The Morgan fingerprint density at radius 2 is 1.96 bits per heavy atom. The molecule has 4 aliphatic rings. The summed E-state index contributed by atoms with van der Waals surface area (Å²) < 4.78 is 17.8. The number of amides is 3. The summed E-state index contributed by atoms with van der Waals surface area (Å²) >= 11 is 0. The predicted molar refractivity (Wildman–Crippen MR) is 167 cm³/mol. The number of hydrogen-bond acceptors (Lipinski definition) is 9. The minimum absolute atomic E-state index is 0.0991. The van der Waals surface area contributed by atoms with E-state index in [9.17, 15) is 24.3 Å². The molecular formula is C33H52N4O8. The van der Waals surface area contributed by atoms with Gasteiger partial charge in [0.05, 0.1) is 50.3 Å². The highest BCUT2D eigenvalue weighted by molar-refractivity contribution is 5.98. The first-order valence-corrected chi connectivity index (χ1v) is 16.5. The first kappa shape index (κ1) is 35.1. The molecule has 4 aliphatic heterocycles. The Morgan fingerprint density at radius 1 is 1.22 bits per heavy atom. The molecule has 0 saturated carbocycles. The molecule has 4 heterocycles. The van der Waals surface area contributed by atoms with Crippen molar-refractivity contribution in [3.05, 3.63) is 25.3 Å². The second-order valence-electron chi connectivity index (χ2n) is 12.8. The number of aliphatic hydroxyl groups excluding tert-OH is 1. The average molecular weight is 633 g/mol. The van der Waals surface area contributed by atoms with E-state index in [0.717, 1.165) is 13.1 Å². The molecule has 0 aromatic heterocycles. The number of carbonyl (C=O) groups is 4. The van der Waals surface area contributed by atoms with E-state index in [4.69, 9.17) is 14.2 Å². The van der Waals surface area contributed by atoms with Crippen molar-refractivity contribution in [3.63, 3.8) is 0 Å². The maximum Gasteiger partial charge on any atom is 0.312 e. The molecule has 252 valence electrons. The number of fused-ring (bicyclic) bond motifs is 1. The monoisotopic (exact) mass is 632 g/mol. The zero-order valence-electron chi connectivity index (χ0n) is 27.2. The van der Waals surface area contributed by atoms with Crippen molar-refractivity contribution in [2.75, 3.05) is 59.1 Å². The van der Waals surface area contributed by atoms with Gasteiger partial charge in [-0.05, 0) is 32.1 Å². The molecule has 12 heteroatoms. The third-order valence-electron chi connectivity index (χ3n) is 10.0. The molecule has 0 aliphatic carbocycles. The van der Waals surface area contributed by atoms with Crippen molar-refractivity contribution in [1.29, 1.82) is 0 Å². The van der Waals surface area contributed by atoms with E-state index < -0.39 is 47.7 Å². The lowest BCUT2D eigenvalue weighted by Crippen LogP contribution is -2.60. The lowest BCUT2D eigenvalue weighted by atomic mass is 9.70. The van der Waals surface area contributed by atoms with Crippen LogP contribution in [0.15, 0.2) is 25.3 Å². The fourth-order valence-corrected chi connectivity index (χ4v) is 7.41. The van der Waals surface area contributed by atoms with Gasteiger partial charge in [0, 0.05) is 39.1 Å². The van der Waals surface area contributed by atoms with E-state index in [2.05, 4.69) is 23.4 Å². The van der Waals surface area contributed by atoms with Crippen molar-refractivity contribution in [2.24, 2.45) is 17.8 Å². The molecule has 0 unspecified atom stereocenters. The Morgan fingerprint density at radius 3 is 2.60 bits per heavy atom. The van der Waals surface area contributed by atoms with E-state index >= 15 is 0 Å². The minimum Gasteiger partial charge on any atom is -0.460 e. The van der Waals surface area contributed by atoms with E-state index in [1.165, 1.54) is 4.90 Å². The summed E-state index contributed by atoms with van der Waals surface area (Å²) in [4.78, 5) is 60.3. The van der Waals surface area contributed by atoms with Crippen LogP contribution in [0.5, 0.6) is 0 Å². The van der Waals surface area contributed by atoms with Crippen molar-refractivity contribution in [3.8, 4) is 0 Å². The van der Waals surface area contributed by atoms with Gasteiger partial charge in [-0.1, -0.05) is 32.4 Å². The summed E-state index contributed by atoms with van der Waals surface area (Å²) in [5.74, 6) is -3.24. The molecule has 0 aromatic rings. The number of carbonyl (C=O) groups excluding carboxylic acids is 4. The van der Waals surface area contributed by atoms with Crippen LogP contribution in [0.4, 0.5) is 0 Å². The van der Waals surface area contributed by atoms with Crippen molar-refractivity contribution in [2.45, 2.75) is 82.8 Å². The van der Waals surface area contributed by atoms with Crippen molar-refractivity contribution in [1.82, 2.24) is 20.0 Å². The quantitative estimate of drug-likeness (QED) is 0.179. The fraction of sp³-hybridized carbons (Fsp3) is 0.758.